The lowest BCUT2D eigenvalue weighted by molar-refractivity contribution is 0.288. The summed E-state index contributed by atoms with van der Waals surface area (Å²) in [4.78, 5) is 4.07. The second-order valence-electron chi connectivity index (χ2n) is 2.28. The van der Waals surface area contributed by atoms with E-state index < -0.39 is 0 Å². The van der Waals surface area contributed by atoms with Gasteiger partial charge in [0.15, 0.2) is 0 Å². The largest absolute Gasteiger partial charge is 0.396 e. The van der Waals surface area contributed by atoms with Gasteiger partial charge in [-0.1, -0.05) is 17.7 Å². The van der Waals surface area contributed by atoms with Crippen molar-refractivity contribution in [3.63, 3.8) is 0 Å². The van der Waals surface area contributed by atoms with E-state index in [0.29, 0.717) is 5.15 Å². The number of nitrogens with zero attached hydrogens (tertiary/aromatic N) is 1. The smallest absolute Gasteiger partial charge is 0.129 e. The summed E-state index contributed by atoms with van der Waals surface area (Å²) < 4.78 is 0. The van der Waals surface area contributed by atoms with Crippen LogP contribution in [-0.4, -0.2) is 16.7 Å². The molecule has 2 nitrogen and oxygen atoms in total. The van der Waals surface area contributed by atoms with Gasteiger partial charge in [-0.2, -0.15) is 0 Å². The van der Waals surface area contributed by atoms with Crippen molar-refractivity contribution in [2.24, 2.45) is 0 Å². The molecular weight excluding hydrogens is 162 g/mol. The predicted octanol–water partition coefficient (Wildman–Crippen LogP) is 1.66. The summed E-state index contributed by atoms with van der Waals surface area (Å²) in [6.07, 6.45) is 1.53. The Bertz CT molecular complexity index is 227. The molecule has 0 aliphatic heterocycles. The number of hydrogen-bond donors (Lipinski definition) is 1. The first-order chi connectivity index (χ1) is 5.33. The van der Waals surface area contributed by atoms with Gasteiger partial charge in [-0.15, -0.1) is 0 Å². The Hall–Kier alpha value is -0.600. The van der Waals surface area contributed by atoms with E-state index in [1.807, 2.05) is 12.1 Å². The van der Waals surface area contributed by atoms with Crippen LogP contribution in [0.15, 0.2) is 18.2 Å². The highest BCUT2D eigenvalue weighted by atomic mass is 35.5. The third kappa shape index (κ3) is 2.87. The van der Waals surface area contributed by atoms with Crippen molar-refractivity contribution in [1.29, 1.82) is 0 Å². The maximum Gasteiger partial charge on any atom is 0.129 e. The fraction of sp³-hybridized carbons (Fsp3) is 0.375. The minimum absolute atomic E-state index is 0.203. The van der Waals surface area contributed by atoms with Crippen LogP contribution in [0.3, 0.4) is 0 Å². The van der Waals surface area contributed by atoms with E-state index in [4.69, 9.17) is 16.7 Å². The molecule has 1 heterocycles. The molecule has 0 amide bonds. The molecule has 1 N–H and O–H groups in total. The number of halogens is 1. The van der Waals surface area contributed by atoms with Gasteiger partial charge < -0.3 is 5.11 Å². The van der Waals surface area contributed by atoms with Gasteiger partial charge in [0, 0.05) is 12.3 Å². The SMILES string of the molecule is OCCCc1cccc(Cl)n1. The van der Waals surface area contributed by atoms with Crippen molar-refractivity contribution < 1.29 is 5.11 Å². The van der Waals surface area contributed by atoms with Crippen LogP contribution in [0.4, 0.5) is 0 Å². The Kier molecular flexibility index (Phi) is 3.33. The van der Waals surface area contributed by atoms with Gasteiger partial charge in [0.25, 0.3) is 0 Å². The van der Waals surface area contributed by atoms with Crippen LogP contribution in [0.5, 0.6) is 0 Å². The van der Waals surface area contributed by atoms with Crippen LogP contribution < -0.4 is 0 Å². The molecule has 0 radical (unpaired) electrons. The van der Waals surface area contributed by atoms with Crippen molar-refractivity contribution in [1.82, 2.24) is 4.98 Å². The van der Waals surface area contributed by atoms with Gasteiger partial charge in [-0.25, -0.2) is 4.98 Å². The van der Waals surface area contributed by atoms with Crippen LogP contribution >= 0.6 is 11.6 Å². The first-order valence-corrected chi connectivity index (χ1v) is 3.93. The number of aliphatic hydroxyl groups excluding tert-OH is 1. The molecule has 0 aliphatic carbocycles. The standard InChI is InChI=1S/C8H10ClNO/c9-8-5-1-3-7(10-8)4-2-6-11/h1,3,5,11H,2,4,6H2. The lowest BCUT2D eigenvalue weighted by atomic mass is 10.2. The number of aromatic nitrogens is 1. The third-order valence-corrected chi connectivity index (χ3v) is 1.57. The van der Waals surface area contributed by atoms with Crippen molar-refractivity contribution in [2.45, 2.75) is 12.8 Å². The minimum Gasteiger partial charge on any atom is -0.396 e. The molecule has 11 heavy (non-hydrogen) atoms. The van der Waals surface area contributed by atoms with Gasteiger partial charge in [0.05, 0.1) is 0 Å². The van der Waals surface area contributed by atoms with E-state index in [1.165, 1.54) is 0 Å². The van der Waals surface area contributed by atoms with Crippen molar-refractivity contribution in [2.75, 3.05) is 6.61 Å². The molecule has 0 atom stereocenters. The van der Waals surface area contributed by atoms with Gasteiger partial charge in [0.1, 0.15) is 5.15 Å². The summed E-state index contributed by atoms with van der Waals surface area (Å²) in [5, 5.41) is 9.05. The second-order valence-corrected chi connectivity index (χ2v) is 2.67. The Morgan fingerprint density at radius 3 is 2.91 bits per heavy atom. The van der Waals surface area contributed by atoms with Gasteiger partial charge in [-0.3, -0.25) is 0 Å². The topological polar surface area (TPSA) is 33.1 Å². The summed E-state index contributed by atoms with van der Waals surface area (Å²) in [5.74, 6) is 0. The maximum absolute atomic E-state index is 8.54. The maximum atomic E-state index is 8.54. The summed E-state index contributed by atoms with van der Waals surface area (Å²) in [6, 6.07) is 5.51. The molecule has 0 aliphatic rings. The predicted molar refractivity (Wildman–Crippen MR) is 44.7 cm³/mol. The van der Waals surface area contributed by atoms with Gasteiger partial charge >= 0.3 is 0 Å². The lowest BCUT2D eigenvalue weighted by Gasteiger charge is -1.97. The first-order valence-electron chi connectivity index (χ1n) is 3.55. The van der Waals surface area contributed by atoms with E-state index in [0.717, 1.165) is 18.5 Å². The molecule has 0 fully saturated rings. The molecule has 0 saturated carbocycles. The molecule has 1 aromatic rings. The van der Waals surface area contributed by atoms with Crippen LogP contribution in [0.1, 0.15) is 12.1 Å². The Balaban J connectivity index is 2.56. The molecule has 3 heteroatoms. The Morgan fingerprint density at radius 1 is 1.45 bits per heavy atom. The summed E-state index contributed by atoms with van der Waals surface area (Å²) >= 11 is 5.65. The number of rotatable bonds is 3. The average Bonchev–Trinajstić information content (AvgIpc) is 2.01. The van der Waals surface area contributed by atoms with Crippen LogP contribution in [-0.2, 0) is 6.42 Å². The van der Waals surface area contributed by atoms with Gasteiger partial charge in [-0.05, 0) is 25.0 Å². The Labute approximate surface area is 70.8 Å². The number of pyridine rings is 1. The van der Waals surface area contributed by atoms with E-state index in [1.54, 1.807) is 6.07 Å². The normalized spacial score (nSPS) is 10.0. The lowest BCUT2D eigenvalue weighted by Crippen LogP contribution is -1.92. The quantitative estimate of drug-likeness (QED) is 0.702. The minimum atomic E-state index is 0.203. The zero-order chi connectivity index (χ0) is 8.10. The molecule has 60 valence electrons. The van der Waals surface area contributed by atoms with E-state index >= 15 is 0 Å². The molecule has 1 aromatic heterocycles. The fourth-order valence-electron chi connectivity index (χ4n) is 0.850. The average molecular weight is 172 g/mol. The van der Waals surface area contributed by atoms with Gasteiger partial charge in [0.2, 0.25) is 0 Å². The molecular formula is C8H10ClNO. The monoisotopic (exact) mass is 171 g/mol. The van der Waals surface area contributed by atoms with Crippen molar-refractivity contribution in [3.8, 4) is 0 Å². The zero-order valence-corrected chi connectivity index (χ0v) is 6.88. The number of hydrogen-bond acceptors (Lipinski definition) is 2. The molecule has 0 aromatic carbocycles. The molecule has 0 unspecified atom stereocenters. The summed E-state index contributed by atoms with van der Waals surface area (Å²) in [7, 11) is 0. The van der Waals surface area contributed by atoms with Crippen LogP contribution in [0.2, 0.25) is 5.15 Å². The Morgan fingerprint density at radius 2 is 2.27 bits per heavy atom. The van der Waals surface area contributed by atoms with Crippen molar-refractivity contribution >= 4 is 11.6 Å². The van der Waals surface area contributed by atoms with E-state index in [-0.39, 0.29) is 6.61 Å². The number of aryl methyl sites for hydroxylation is 1. The van der Waals surface area contributed by atoms with E-state index in [2.05, 4.69) is 4.98 Å². The second kappa shape index (κ2) is 4.31. The van der Waals surface area contributed by atoms with Crippen LogP contribution in [0, 0.1) is 0 Å². The zero-order valence-electron chi connectivity index (χ0n) is 6.13. The number of aliphatic hydroxyl groups is 1. The van der Waals surface area contributed by atoms with Crippen LogP contribution in [0.25, 0.3) is 0 Å². The van der Waals surface area contributed by atoms with Crippen molar-refractivity contribution in [3.05, 3.63) is 29.0 Å². The third-order valence-electron chi connectivity index (χ3n) is 1.36. The molecule has 0 saturated heterocycles. The van der Waals surface area contributed by atoms with E-state index in [9.17, 15) is 0 Å². The summed E-state index contributed by atoms with van der Waals surface area (Å²) in [6.45, 7) is 0.203. The fourth-order valence-corrected chi connectivity index (χ4v) is 1.03. The molecule has 0 spiro atoms. The first kappa shape index (κ1) is 8.50. The molecule has 1 rings (SSSR count). The highest BCUT2D eigenvalue weighted by molar-refractivity contribution is 6.29. The summed E-state index contributed by atoms with van der Waals surface area (Å²) in [5.41, 5.74) is 0.937. The highest BCUT2D eigenvalue weighted by Crippen LogP contribution is 2.06. The molecule has 0 bridgehead atoms. The highest BCUT2D eigenvalue weighted by Gasteiger charge is 1.93.